The number of nitrogens with zero attached hydrogens (tertiary/aromatic N) is 1. The zero-order chi connectivity index (χ0) is 19.1. The number of unbranched alkanes of at least 4 members (excludes halogenated alkanes) is 1. The third kappa shape index (κ3) is 5.19. The molecule has 0 bridgehead atoms. The van der Waals surface area contributed by atoms with Crippen molar-refractivity contribution in [2.45, 2.75) is 38.6 Å². The average Bonchev–Trinajstić information content (AvgIpc) is 3.10. The van der Waals surface area contributed by atoms with Gasteiger partial charge in [0.1, 0.15) is 0 Å². The Morgan fingerprint density at radius 2 is 1.74 bits per heavy atom. The maximum absolute atomic E-state index is 12.4. The molecule has 27 heavy (non-hydrogen) atoms. The summed E-state index contributed by atoms with van der Waals surface area (Å²) >= 11 is 0. The lowest BCUT2D eigenvalue weighted by Gasteiger charge is -2.25. The second-order valence-corrected chi connectivity index (χ2v) is 7.27. The van der Waals surface area contributed by atoms with Crippen LogP contribution in [0.15, 0.2) is 60.7 Å². The topological polar surface area (TPSA) is 49.4 Å². The minimum atomic E-state index is -0.238. The van der Waals surface area contributed by atoms with Gasteiger partial charge in [0.2, 0.25) is 11.8 Å². The van der Waals surface area contributed by atoms with Gasteiger partial charge >= 0.3 is 0 Å². The molecule has 0 aromatic heterocycles. The van der Waals surface area contributed by atoms with E-state index in [1.54, 1.807) is 0 Å². The molecular formula is C23H28N2O2. The highest BCUT2D eigenvalue weighted by molar-refractivity contribution is 5.89. The number of likely N-dealkylation sites (tertiary alicyclic amines) is 1. The lowest BCUT2D eigenvalue weighted by Crippen LogP contribution is -2.34. The van der Waals surface area contributed by atoms with Crippen molar-refractivity contribution in [1.82, 2.24) is 10.2 Å². The van der Waals surface area contributed by atoms with Crippen molar-refractivity contribution in [2.75, 3.05) is 13.1 Å². The van der Waals surface area contributed by atoms with E-state index in [4.69, 9.17) is 0 Å². The average molecular weight is 364 g/mol. The lowest BCUT2D eigenvalue weighted by atomic mass is 10.1. The Bertz CT molecular complexity index is 745. The predicted octanol–water partition coefficient (Wildman–Crippen LogP) is 3.74. The molecule has 1 aliphatic heterocycles. The molecule has 0 radical (unpaired) electrons. The molecule has 1 fully saturated rings. The van der Waals surface area contributed by atoms with E-state index in [-0.39, 0.29) is 23.8 Å². The molecule has 1 N–H and O–H groups in total. The second kappa shape index (κ2) is 9.36. The predicted molar refractivity (Wildman–Crippen MR) is 107 cm³/mol. The van der Waals surface area contributed by atoms with Crippen LogP contribution in [0.4, 0.5) is 0 Å². The summed E-state index contributed by atoms with van der Waals surface area (Å²) in [6.45, 7) is 3.20. The molecule has 4 heteroatoms. The minimum Gasteiger partial charge on any atom is -0.356 e. The van der Waals surface area contributed by atoms with Gasteiger partial charge in [-0.05, 0) is 37.3 Å². The van der Waals surface area contributed by atoms with Crippen LogP contribution in [0.25, 0.3) is 0 Å². The Morgan fingerprint density at radius 1 is 1.07 bits per heavy atom. The molecule has 1 saturated heterocycles. The van der Waals surface area contributed by atoms with Gasteiger partial charge in [-0.3, -0.25) is 9.59 Å². The van der Waals surface area contributed by atoms with Crippen molar-refractivity contribution in [1.29, 1.82) is 0 Å². The summed E-state index contributed by atoms with van der Waals surface area (Å²) in [6, 6.07) is 20.4. The van der Waals surface area contributed by atoms with Gasteiger partial charge in [-0.2, -0.15) is 0 Å². The second-order valence-electron chi connectivity index (χ2n) is 7.27. The summed E-state index contributed by atoms with van der Waals surface area (Å²) in [6.07, 6.45) is 3.34. The molecule has 3 rings (SSSR count). The highest BCUT2D eigenvalue weighted by Crippen LogP contribution is 2.28. The van der Waals surface area contributed by atoms with Crippen LogP contribution in [-0.2, 0) is 16.0 Å². The number of hydrogen-bond acceptors (Lipinski definition) is 2. The molecule has 2 aromatic carbocycles. The minimum absolute atomic E-state index is 0.00220. The number of benzene rings is 2. The number of rotatable bonds is 8. The van der Waals surface area contributed by atoms with E-state index in [2.05, 4.69) is 29.6 Å². The largest absolute Gasteiger partial charge is 0.356 e. The van der Waals surface area contributed by atoms with E-state index in [9.17, 15) is 9.59 Å². The Balaban J connectivity index is 1.41. The fourth-order valence-corrected chi connectivity index (χ4v) is 3.65. The first-order chi connectivity index (χ1) is 13.1. The molecule has 0 spiro atoms. The zero-order valence-electron chi connectivity index (χ0n) is 15.9. The Labute approximate surface area is 161 Å². The number of hydrogen-bond donors (Lipinski definition) is 1. The van der Waals surface area contributed by atoms with Crippen molar-refractivity contribution < 1.29 is 9.59 Å². The van der Waals surface area contributed by atoms with Crippen LogP contribution in [0.5, 0.6) is 0 Å². The highest BCUT2D eigenvalue weighted by atomic mass is 16.2. The highest BCUT2D eigenvalue weighted by Gasteiger charge is 2.36. The molecule has 2 aromatic rings. The van der Waals surface area contributed by atoms with E-state index in [0.717, 1.165) is 24.8 Å². The molecule has 2 unspecified atom stereocenters. The number of nitrogens with one attached hydrogen (secondary N) is 1. The molecule has 1 heterocycles. The SMILES string of the molecule is CC(c1ccccc1)N1CC(C(=O)NCCCCc2ccccc2)CC1=O. The molecular weight excluding hydrogens is 336 g/mol. The molecule has 142 valence electrons. The van der Waals surface area contributed by atoms with Gasteiger partial charge in [-0.1, -0.05) is 60.7 Å². The van der Waals surface area contributed by atoms with Gasteiger partial charge < -0.3 is 10.2 Å². The number of carbonyl (C=O) groups is 2. The van der Waals surface area contributed by atoms with Crippen LogP contribution >= 0.6 is 0 Å². The summed E-state index contributed by atoms with van der Waals surface area (Å²) < 4.78 is 0. The van der Waals surface area contributed by atoms with Crippen molar-refractivity contribution in [3.05, 3.63) is 71.8 Å². The first-order valence-corrected chi connectivity index (χ1v) is 9.81. The summed E-state index contributed by atoms with van der Waals surface area (Å²) in [5, 5.41) is 3.01. The van der Waals surface area contributed by atoms with Gasteiger partial charge in [0, 0.05) is 19.5 Å². The van der Waals surface area contributed by atoms with Crippen molar-refractivity contribution in [2.24, 2.45) is 5.92 Å². The van der Waals surface area contributed by atoms with E-state index >= 15 is 0 Å². The van der Waals surface area contributed by atoms with Crippen LogP contribution in [0, 0.1) is 5.92 Å². The van der Waals surface area contributed by atoms with Crippen molar-refractivity contribution >= 4 is 11.8 Å². The monoisotopic (exact) mass is 364 g/mol. The van der Waals surface area contributed by atoms with Crippen molar-refractivity contribution in [3.8, 4) is 0 Å². The number of amides is 2. The summed E-state index contributed by atoms with van der Waals surface area (Å²) in [5.74, 6) is -0.167. The van der Waals surface area contributed by atoms with Gasteiger partial charge in [-0.15, -0.1) is 0 Å². The third-order valence-electron chi connectivity index (χ3n) is 5.31. The van der Waals surface area contributed by atoms with Crippen LogP contribution in [-0.4, -0.2) is 29.8 Å². The maximum Gasteiger partial charge on any atom is 0.225 e. The quantitative estimate of drug-likeness (QED) is 0.726. The van der Waals surface area contributed by atoms with Crippen LogP contribution in [0.3, 0.4) is 0 Å². The first-order valence-electron chi connectivity index (χ1n) is 9.81. The number of aryl methyl sites for hydroxylation is 1. The fraction of sp³-hybridized carbons (Fsp3) is 0.391. The Kier molecular flexibility index (Phi) is 6.64. The van der Waals surface area contributed by atoms with Crippen molar-refractivity contribution in [3.63, 3.8) is 0 Å². The van der Waals surface area contributed by atoms with E-state index in [0.29, 0.717) is 19.5 Å². The molecule has 4 nitrogen and oxygen atoms in total. The third-order valence-corrected chi connectivity index (χ3v) is 5.31. The summed E-state index contributed by atoms with van der Waals surface area (Å²) in [5.41, 5.74) is 2.43. The molecule has 2 atom stereocenters. The van der Waals surface area contributed by atoms with Gasteiger partial charge in [-0.25, -0.2) is 0 Å². The lowest BCUT2D eigenvalue weighted by molar-refractivity contribution is -0.130. The standard InChI is InChI=1S/C23H28N2O2/c1-18(20-13-6-3-7-14-20)25-17-21(16-22(25)26)23(27)24-15-9-8-12-19-10-4-2-5-11-19/h2-7,10-11,13-14,18,21H,8-9,12,15-17H2,1H3,(H,24,27). The van der Waals surface area contributed by atoms with E-state index in [1.807, 2.05) is 48.2 Å². The van der Waals surface area contributed by atoms with Crippen LogP contribution in [0.1, 0.15) is 43.4 Å². The van der Waals surface area contributed by atoms with E-state index in [1.165, 1.54) is 5.56 Å². The molecule has 1 aliphatic rings. The summed E-state index contributed by atoms with van der Waals surface area (Å²) in [4.78, 5) is 26.7. The molecule has 2 amide bonds. The number of carbonyl (C=O) groups excluding carboxylic acids is 2. The summed E-state index contributed by atoms with van der Waals surface area (Å²) in [7, 11) is 0. The Morgan fingerprint density at radius 3 is 2.44 bits per heavy atom. The Hall–Kier alpha value is -2.62. The van der Waals surface area contributed by atoms with Gasteiger partial charge in [0.15, 0.2) is 0 Å². The smallest absolute Gasteiger partial charge is 0.225 e. The van der Waals surface area contributed by atoms with Crippen LogP contribution in [0.2, 0.25) is 0 Å². The molecule has 0 saturated carbocycles. The van der Waals surface area contributed by atoms with Gasteiger partial charge in [0.25, 0.3) is 0 Å². The van der Waals surface area contributed by atoms with E-state index < -0.39 is 0 Å². The molecule has 0 aliphatic carbocycles. The zero-order valence-corrected chi connectivity index (χ0v) is 15.9. The van der Waals surface area contributed by atoms with Gasteiger partial charge in [0.05, 0.1) is 12.0 Å². The van der Waals surface area contributed by atoms with Crippen LogP contribution < -0.4 is 5.32 Å². The first kappa shape index (κ1) is 19.2. The maximum atomic E-state index is 12.4. The normalized spacial score (nSPS) is 17.7. The fourth-order valence-electron chi connectivity index (χ4n) is 3.65.